The van der Waals surface area contributed by atoms with Crippen LogP contribution in [-0.4, -0.2) is 17.6 Å². The van der Waals surface area contributed by atoms with Crippen molar-refractivity contribution in [2.45, 2.75) is 6.92 Å². The SMILES string of the molecule is CCOc1ccc(C(=O)NC(=S)Nc2ccc3ccccc3c2)cc1. The molecule has 126 valence electrons. The number of benzene rings is 3. The molecule has 0 atom stereocenters. The number of thiocarbonyl (C=S) groups is 1. The van der Waals surface area contributed by atoms with Crippen molar-refractivity contribution < 1.29 is 9.53 Å². The van der Waals surface area contributed by atoms with Crippen molar-refractivity contribution in [3.8, 4) is 5.75 Å². The van der Waals surface area contributed by atoms with Crippen molar-refractivity contribution in [1.82, 2.24) is 5.32 Å². The Morgan fingerprint density at radius 2 is 1.72 bits per heavy atom. The Labute approximate surface area is 151 Å². The molecule has 2 N–H and O–H groups in total. The van der Waals surface area contributed by atoms with Gasteiger partial charge < -0.3 is 10.1 Å². The third-order valence-corrected chi connectivity index (χ3v) is 3.87. The number of hydrogen-bond donors (Lipinski definition) is 2. The van der Waals surface area contributed by atoms with Crippen LogP contribution in [0.15, 0.2) is 66.7 Å². The minimum absolute atomic E-state index is 0.258. The second-order valence-electron chi connectivity index (χ2n) is 5.43. The van der Waals surface area contributed by atoms with E-state index in [9.17, 15) is 4.79 Å². The summed E-state index contributed by atoms with van der Waals surface area (Å²) in [6.45, 7) is 2.50. The minimum atomic E-state index is -0.263. The summed E-state index contributed by atoms with van der Waals surface area (Å²) in [6, 6.07) is 20.9. The smallest absolute Gasteiger partial charge is 0.257 e. The summed E-state index contributed by atoms with van der Waals surface area (Å²) < 4.78 is 5.37. The molecule has 0 saturated carbocycles. The highest BCUT2D eigenvalue weighted by Crippen LogP contribution is 2.18. The van der Waals surface area contributed by atoms with Gasteiger partial charge in [0.2, 0.25) is 0 Å². The summed E-state index contributed by atoms with van der Waals surface area (Å²) in [5, 5.41) is 8.24. The fraction of sp³-hybridized carbons (Fsp3) is 0.100. The van der Waals surface area contributed by atoms with E-state index in [1.165, 1.54) is 0 Å². The highest BCUT2D eigenvalue weighted by Gasteiger charge is 2.08. The van der Waals surface area contributed by atoms with E-state index >= 15 is 0 Å². The zero-order valence-electron chi connectivity index (χ0n) is 13.8. The number of fused-ring (bicyclic) bond motifs is 1. The largest absolute Gasteiger partial charge is 0.494 e. The normalized spacial score (nSPS) is 10.3. The molecular formula is C20H18N2O2S. The van der Waals surface area contributed by atoms with Crippen molar-refractivity contribution in [3.05, 3.63) is 72.3 Å². The van der Waals surface area contributed by atoms with Crippen molar-refractivity contribution in [1.29, 1.82) is 0 Å². The van der Waals surface area contributed by atoms with Crippen molar-refractivity contribution in [2.24, 2.45) is 0 Å². The van der Waals surface area contributed by atoms with Crippen LogP contribution in [0.4, 0.5) is 5.69 Å². The lowest BCUT2D eigenvalue weighted by atomic mass is 10.1. The second kappa shape index (κ2) is 7.77. The Hall–Kier alpha value is -2.92. The first-order valence-corrected chi connectivity index (χ1v) is 8.40. The second-order valence-corrected chi connectivity index (χ2v) is 5.84. The fourth-order valence-corrected chi connectivity index (χ4v) is 2.68. The molecule has 0 radical (unpaired) electrons. The van der Waals surface area contributed by atoms with Crippen LogP contribution in [0.3, 0.4) is 0 Å². The van der Waals surface area contributed by atoms with E-state index in [-0.39, 0.29) is 11.0 Å². The van der Waals surface area contributed by atoms with Crippen molar-refractivity contribution >= 4 is 39.7 Å². The maximum absolute atomic E-state index is 12.2. The van der Waals surface area contributed by atoms with E-state index in [0.29, 0.717) is 12.2 Å². The maximum Gasteiger partial charge on any atom is 0.257 e. The van der Waals surface area contributed by atoms with Crippen LogP contribution in [-0.2, 0) is 0 Å². The minimum Gasteiger partial charge on any atom is -0.494 e. The molecule has 25 heavy (non-hydrogen) atoms. The molecule has 0 saturated heterocycles. The quantitative estimate of drug-likeness (QED) is 0.686. The molecule has 5 heteroatoms. The highest BCUT2D eigenvalue weighted by molar-refractivity contribution is 7.80. The molecule has 0 aliphatic carbocycles. The monoisotopic (exact) mass is 350 g/mol. The average Bonchev–Trinajstić information content (AvgIpc) is 2.62. The summed E-state index contributed by atoms with van der Waals surface area (Å²) >= 11 is 5.23. The zero-order valence-corrected chi connectivity index (χ0v) is 14.6. The molecule has 3 rings (SSSR count). The first-order chi connectivity index (χ1) is 12.2. The van der Waals surface area contributed by atoms with Gasteiger partial charge in [0.05, 0.1) is 6.61 Å². The van der Waals surface area contributed by atoms with E-state index in [4.69, 9.17) is 17.0 Å². The van der Waals surface area contributed by atoms with E-state index in [1.807, 2.05) is 49.4 Å². The molecule has 0 bridgehead atoms. The Kier molecular flexibility index (Phi) is 5.26. The standard InChI is InChI=1S/C20H18N2O2S/c1-2-24-18-11-8-15(9-12-18)19(23)22-20(25)21-17-10-7-14-5-3-4-6-16(14)13-17/h3-13H,2H2,1H3,(H2,21,22,23,25). The van der Waals surface area contributed by atoms with Gasteiger partial charge in [0.1, 0.15) is 5.75 Å². The number of hydrogen-bond acceptors (Lipinski definition) is 3. The molecule has 1 amide bonds. The number of carbonyl (C=O) groups is 1. The lowest BCUT2D eigenvalue weighted by Gasteiger charge is -2.11. The van der Waals surface area contributed by atoms with Gasteiger partial charge >= 0.3 is 0 Å². The van der Waals surface area contributed by atoms with Crippen molar-refractivity contribution in [2.75, 3.05) is 11.9 Å². The number of nitrogens with one attached hydrogen (secondary N) is 2. The van der Waals surface area contributed by atoms with Crippen molar-refractivity contribution in [3.63, 3.8) is 0 Å². The lowest BCUT2D eigenvalue weighted by molar-refractivity contribution is 0.0977. The van der Waals surface area contributed by atoms with Gasteiger partial charge in [-0.2, -0.15) is 0 Å². The molecule has 0 unspecified atom stereocenters. The number of anilines is 1. The summed E-state index contributed by atoms with van der Waals surface area (Å²) in [5.41, 5.74) is 1.35. The summed E-state index contributed by atoms with van der Waals surface area (Å²) in [7, 11) is 0. The molecule has 0 heterocycles. The van der Waals surface area contributed by atoms with Gasteiger partial charge in [-0.1, -0.05) is 30.3 Å². The first kappa shape index (κ1) is 16.9. The molecule has 3 aromatic carbocycles. The highest BCUT2D eigenvalue weighted by atomic mass is 32.1. The van der Waals surface area contributed by atoms with Crippen LogP contribution >= 0.6 is 12.2 Å². The van der Waals surface area contributed by atoms with E-state index in [0.717, 1.165) is 22.2 Å². The van der Waals surface area contributed by atoms with Gasteiger partial charge in [-0.05, 0) is 66.3 Å². The number of carbonyl (C=O) groups excluding carboxylic acids is 1. The van der Waals surface area contributed by atoms with E-state index in [1.54, 1.807) is 24.3 Å². The van der Waals surface area contributed by atoms with Crippen LogP contribution in [0, 0.1) is 0 Å². The van der Waals surface area contributed by atoms with Gasteiger partial charge in [0, 0.05) is 11.3 Å². The van der Waals surface area contributed by atoms with Gasteiger partial charge in [-0.15, -0.1) is 0 Å². The molecule has 3 aromatic rings. The van der Waals surface area contributed by atoms with Gasteiger partial charge in [0.15, 0.2) is 5.11 Å². The summed E-state index contributed by atoms with van der Waals surface area (Å²) in [6.07, 6.45) is 0. The summed E-state index contributed by atoms with van der Waals surface area (Å²) in [5.74, 6) is 0.470. The van der Waals surface area contributed by atoms with E-state index < -0.39 is 0 Å². The van der Waals surface area contributed by atoms with Gasteiger partial charge in [-0.3, -0.25) is 10.1 Å². The molecule has 4 nitrogen and oxygen atoms in total. The number of ether oxygens (including phenoxy) is 1. The lowest BCUT2D eigenvalue weighted by Crippen LogP contribution is -2.34. The van der Waals surface area contributed by atoms with Crippen LogP contribution in [0.25, 0.3) is 10.8 Å². The topological polar surface area (TPSA) is 50.4 Å². The molecule has 0 aromatic heterocycles. The Morgan fingerprint density at radius 1 is 1.00 bits per heavy atom. The molecule has 0 aliphatic heterocycles. The third-order valence-electron chi connectivity index (χ3n) is 3.66. The number of rotatable bonds is 4. The van der Waals surface area contributed by atoms with Crippen LogP contribution < -0.4 is 15.4 Å². The molecular weight excluding hydrogens is 332 g/mol. The van der Waals surface area contributed by atoms with Gasteiger partial charge in [0.25, 0.3) is 5.91 Å². The fourth-order valence-electron chi connectivity index (χ4n) is 2.47. The Balaban J connectivity index is 1.63. The summed E-state index contributed by atoms with van der Waals surface area (Å²) in [4.78, 5) is 12.2. The van der Waals surface area contributed by atoms with Crippen LogP contribution in [0.5, 0.6) is 5.75 Å². The third kappa shape index (κ3) is 4.33. The Bertz CT molecular complexity index is 907. The predicted octanol–water partition coefficient (Wildman–Crippen LogP) is 4.37. The average molecular weight is 350 g/mol. The molecule has 0 fully saturated rings. The molecule has 0 spiro atoms. The maximum atomic E-state index is 12.2. The van der Waals surface area contributed by atoms with Crippen LogP contribution in [0.2, 0.25) is 0 Å². The zero-order chi connectivity index (χ0) is 17.6. The number of amides is 1. The predicted molar refractivity (Wildman–Crippen MR) is 105 cm³/mol. The van der Waals surface area contributed by atoms with E-state index in [2.05, 4.69) is 10.6 Å². The first-order valence-electron chi connectivity index (χ1n) is 7.99. The van der Waals surface area contributed by atoms with Gasteiger partial charge in [-0.25, -0.2) is 0 Å². The molecule has 0 aliphatic rings. The van der Waals surface area contributed by atoms with Crippen LogP contribution in [0.1, 0.15) is 17.3 Å². The Morgan fingerprint density at radius 3 is 2.44 bits per heavy atom.